The Kier molecular flexibility index (Phi) is 3.39. The van der Waals surface area contributed by atoms with Gasteiger partial charge in [0, 0.05) is 10.6 Å². The van der Waals surface area contributed by atoms with Gasteiger partial charge in [0.1, 0.15) is 11.6 Å². The molecule has 2 aromatic rings. The Balaban J connectivity index is 2.16. The first kappa shape index (κ1) is 11.6. The second-order valence-electron chi connectivity index (χ2n) is 3.52. The highest BCUT2D eigenvalue weighted by Gasteiger charge is 2.00. The summed E-state index contributed by atoms with van der Waals surface area (Å²) in [6.45, 7) is 0. The first-order valence-electron chi connectivity index (χ1n) is 5.12. The molecule has 2 rings (SSSR count). The van der Waals surface area contributed by atoms with E-state index in [4.69, 9.17) is 11.5 Å². The summed E-state index contributed by atoms with van der Waals surface area (Å²) in [5, 5.41) is 3.17. The fourth-order valence-electron chi connectivity index (χ4n) is 1.38. The summed E-state index contributed by atoms with van der Waals surface area (Å²) in [6, 6.07) is 11.6. The van der Waals surface area contributed by atoms with Gasteiger partial charge in [-0.25, -0.2) is 4.98 Å². The summed E-state index contributed by atoms with van der Waals surface area (Å²) in [5.41, 5.74) is 12.7. The fraction of sp³-hybridized carbons (Fsp3) is 0.0833. The monoisotopic (exact) mass is 246 g/mol. The zero-order valence-electron chi connectivity index (χ0n) is 9.47. The minimum atomic E-state index is 0.343. The smallest absolute Gasteiger partial charge is 0.149 e. The Morgan fingerprint density at radius 2 is 1.76 bits per heavy atom. The largest absolute Gasteiger partial charge is 0.396 e. The second kappa shape index (κ2) is 4.97. The van der Waals surface area contributed by atoms with E-state index in [9.17, 15) is 0 Å². The maximum atomic E-state index is 5.64. The van der Waals surface area contributed by atoms with E-state index in [0.29, 0.717) is 17.3 Å². The molecule has 1 aromatic carbocycles. The van der Waals surface area contributed by atoms with Crippen molar-refractivity contribution >= 4 is 34.8 Å². The number of hydrogen-bond donors (Lipinski definition) is 3. The summed E-state index contributed by atoms with van der Waals surface area (Å²) in [7, 11) is 0. The van der Waals surface area contributed by atoms with E-state index in [1.807, 2.05) is 30.5 Å². The number of pyridine rings is 1. The maximum absolute atomic E-state index is 5.64. The Morgan fingerprint density at radius 1 is 1.06 bits per heavy atom. The molecule has 5 N–H and O–H groups in total. The topological polar surface area (TPSA) is 77.0 Å². The van der Waals surface area contributed by atoms with Crippen LogP contribution in [0.25, 0.3) is 0 Å². The van der Waals surface area contributed by atoms with Crippen LogP contribution < -0.4 is 16.8 Å². The Morgan fingerprint density at radius 3 is 2.35 bits per heavy atom. The number of rotatable bonds is 3. The zero-order chi connectivity index (χ0) is 12.3. The molecule has 0 amide bonds. The molecule has 0 fully saturated rings. The van der Waals surface area contributed by atoms with Gasteiger partial charge in [-0.1, -0.05) is 0 Å². The number of hydrogen-bond acceptors (Lipinski definition) is 5. The van der Waals surface area contributed by atoms with Crippen molar-refractivity contribution in [1.29, 1.82) is 0 Å². The van der Waals surface area contributed by atoms with Gasteiger partial charge in [0.15, 0.2) is 0 Å². The van der Waals surface area contributed by atoms with Crippen molar-refractivity contribution in [3.63, 3.8) is 0 Å². The minimum Gasteiger partial charge on any atom is -0.396 e. The van der Waals surface area contributed by atoms with E-state index in [2.05, 4.69) is 10.3 Å². The third kappa shape index (κ3) is 2.82. The third-order valence-electron chi connectivity index (χ3n) is 2.32. The Labute approximate surface area is 104 Å². The summed E-state index contributed by atoms with van der Waals surface area (Å²) < 4.78 is 0. The molecule has 0 unspecified atom stereocenters. The summed E-state index contributed by atoms with van der Waals surface area (Å²) in [6.07, 6.45) is 2.05. The van der Waals surface area contributed by atoms with Gasteiger partial charge in [0.25, 0.3) is 0 Å². The van der Waals surface area contributed by atoms with Gasteiger partial charge in [-0.15, -0.1) is 11.8 Å². The Hall–Kier alpha value is -1.88. The second-order valence-corrected chi connectivity index (χ2v) is 4.40. The van der Waals surface area contributed by atoms with Crippen LogP contribution in [-0.2, 0) is 0 Å². The molecule has 0 spiro atoms. The number of anilines is 4. The zero-order valence-corrected chi connectivity index (χ0v) is 10.3. The van der Waals surface area contributed by atoms with Gasteiger partial charge in [-0.05, 0) is 42.7 Å². The van der Waals surface area contributed by atoms with Crippen molar-refractivity contribution in [3.8, 4) is 0 Å². The fourth-order valence-corrected chi connectivity index (χ4v) is 1.79. The summed E-state index contributed by atoms with van der Waals surface area (Å²) in [5.74, 6) is 1.03. The molecule has 0 atom stereocenters. The van der Waals surface area contributed by atoms with Crippen LogP contribution >= 0.6 is 11.8 Å². The van der Waals surface area contributed by atoms with E-state index < -0.39 is 0 Å². The average Bonchev–Trinajstić information content (AvgIpc) is 2.35. The third-order valence-corrected chi connectivity index (χ3v) is 3.06. The lowest BCUT2D eigenvalue weighted by atomic mass is 10.3. The number of nitrogens with two attached hydrogens (primary N) is 2. The molecule has 0 saturated carbocycles. The number of aromatic nitrogens is 1. The predicted molar refractivity (Wildman–Crippen MR) is 74.6 cm³/mol. The molecule has 0 radical (unpaired) electrons. The van der Waals surface area contributed by atoms with Crippen molar-refractivity contribution in [2.24, 2.45) is 0 Å². The van der Waals surface area contributed by atoms with Crippen LogP contribution in [0.1, 0.15) is 0 Å². The molecule has 4 nitrogen and oxygen atoms in total. The van der Waals surface area contributed by atoms with Gasteiger partial charge in [0.05, 0.1) is 5.69 Å². The normalized spacial score (nSPS) is 10.2. The summed E-state index contributed by atoms with van der Waals surface area (Å²) >= 11 is 1.71. The highest BCUT2D eigenvalue weighted by atomic mass is 32.2. The molecular weight excluding hydrogens is 232 g/mol. The predicted octanol–water partition coefficient (Wildman–Crippen LogP) is 2.71. The van der Waals surface area contributed by atoms with Crippen molar-refractivity contribution < 1.29 is 0 Å². The number of thioether (sulfide) groups is 1. The van der Waals surface area contributed by atoms with Crippen LogP contribution in [-0.4, -0.2) is 11.2 Å². The number of nitrogens with zero attached hydrogens (tertiary/aromatic N) is 1. The number of nitrogen functional groups attached to an aromatic ring is 2. The van der Waals surface area contributed by atoms with Crippen LogP contribution in [0.4, 0.5) is 23.0 Å². The van der Waals surface area contributed by atoms with Gasteiger partial charge < -0.3 is 16.8 Å². The van der Waals surface area contributed by atoms with Crippen molar-refractivity contribution in [1.82, 2.24) is 4.98 Å². The van der Waals surface area contributed by atoms with Crippen molar-refractivity contribution in [2.75, 3.05) is 23.0 Å². The minimum absolute atomic E-state index is 0.343. The number of benzene rings is 1. The Bertz CT molecular complexity index is 510. The molecule has 1 aromatic heterocycles. The number of nitrogens with one attached hydrogen (secondary N) is 1. The summed E-state index contributed by atoms with van der Waals surface area (Å²) in [4.78, 5) is 5.37. The lowest BCUT2D eigenvalue weighted by Crippen LogP contribution is -2.00. The molecule has 1 heterocycles. The average molecular weight is 246 g/mol. The SMILES string of the molecule is CSc1ccc(Nc2ccc(N)c(N)n2)cc1. The standard InChI is InChI=1S/C12H14N4S/c1-17-9-4-2-8(3-5-9)15-11-7-6-10(13)12(14)16-11/h2-7H,13H2,1H3,(H3,14,15,16). The van der Waals surface area contributed by atoms with Gasteiger partial charge in [-0.2, -0.15) is 0 Å². The van der Waals surface area contributed by atoms with Crippen molar-refractivity contribution in [3.05, 3.63) is 36.4 Å². The quantitative estimate of drug-likeness (QED) is 0.726. The van der Waals surface area contributed by atoms with Crippen LogP contribution in [0.5, 0.6) is 0 Å². The van der Waals surface area contributed by atoms with Gasteiger partial charge in [-0.3, -0.25) is 0 Å². The first-order valence-corrected chi connectivity index (χ1v) is 6.34. The molecule has 88 valence electrons. The molecule has 0 aliphatic rings. The van der Waals surface area contributed by atoms with Crippen LogP contribution in [0.3, 0.4) is 0 Å². The van der Waals surface area contributed by atoms with Crippen LogP contribution in [0, 0.1) is 0 Å². The highest BCUT2D eigenvalue weighted by molar-refractivity contribution is 7.98. The highest BCUT2D eigenvalue weighted by Crippen LogP contribution is 2.21. The van der Waals surface area contributed by atoms with E-state index in [1.165, 1.54) is 4.90 Å². The molecule has 0 aliphatic carbocycles. The van der Waals surface area contributed by atoms with E-state index in [0.717, 1.165) is 5.69 Å². The van der Waals surface area contributed by atoms with Crippen LogP contribution in [0.15, 0.2) is 41.3 Å². The lowest BCUT2D eigenvalue weighted by molar-refractivity contribution is 1.31. The van der Waals surface area contributed by atoms with E-state index >= 15 is 0 Å². The molecule has 17 heavy (non-hydrogen) atoms. The van der Waals surface area contributed by atoms with Crippen molar-refractivity contribution in [2.45, 2.75) is 4.90 Å². The van der Waals surface area contributed by atoms with Gasteiger partial charge >= 0.3 is 0 Å². The maximum Gasteiger partial charge on any atom is 0.149 e. The molecule has 0 saturated heterocycles. The molecule has 0 aliphatic heterocycles. The van der Waals surface area contributed by atoms with E-state index in [1.54, 1.807) is 23.9 Å². The van der Waals surface area contributed by atoms with Crippen LogP contribution in [0.2, 0.25) is 0 Å². The van der Waals surface area contributed by atoms with E-state index in [-0.39, 0.29) is 0 Å². The van der Waals surface area contributed by atoms with Gasteiger partial charge in [0.2, 0.25) is 0 Å². The first-order chi connectivity index (χ1) is 8.19. The molecule has 0 bridgehead atoms. The lowest BCUT2D eigenvalue weighted by Gasteiger charge is -2.07. The molecular formula is C12H14N4S. The molecule has 5 heteroatoms.